The third kappa shape index (κ3) is 4.29. The topological polar surface area (TPSA) is 89.3 Å². The lowest BCUT2D eigenvalue weighted by Gasteiger charge is -2.11. The Morgan fingerprint density at radius 3 is 2.21 bits per heavy atom. The molecule has 0 unspecified atom stereocenters. The smallest absolute Gasteiger partial charge is 0.211 e. The molecular weight excluding hydrogens is 452 g/mol. The number of para-hydroxylation sites is 1. The molecule has 0 saturated carbocycles. The van der Waals surface area contributed by atoms with Gasteiger partial charge in [-0.25, -0.2) is 8.42 Å². The van der Waals surface area contributed by atoms with Gasteiger partial charge in [-0.05, 0) is 50.1 Å². The van der Waals surface area contributed by atoms with Gasteiger partial charge < -0.3 is 11.1 Å². The monoisotopic (exact) mass is 476 g/mol. The fraction of sp³-hybridized carbons (Fsp3) is 0.115. The summed E-state index contributed by atoms with van der Waals surface area (Å²) in [4.78, 5) is 13.7. The highest BCUT2D eigenvalue weighted by atomic mass is 32.2. The Labute approximate surface area is 197 Å². The Kier molecular flexibility index (Phi) is 6.10. The molecule has 4 aromatic rings. The standard InChI is InChI=1S/C26H24N2O3S2/c1-16-13-14-20(18(3)15-16)23(29)24-22(27)25(33(30,31)19-10-5-4-6-11-19)26(32-24)28-21-12-8-7-9-17(21)2/h4-15,28H,27H2,1-3H3. The van der Waals surface area contributed by atoms with Gasteiger partial charge in [0, 0.05) is 11.3 Å². The van der Waals surface area contributed by atoms with Crippen LogP contribution in [-0.2, 0) is 9.84 Å². The number of anilines is 3. The van der Waals surface area contributed by atoms with Crippen LogP contribution >= 0.6 is 11.3 Å². The molecule has 7 heteroatoms. The average molecular weight is 477 g/mol. The van der Waals surface area contributed by atoms with Crippen LogP contribution in [-0.4, -0.2) is 14.2 Å². The molecule has 0 bridgehead atoms. The van der Waals surface area contributed by atoms with Gasteiger partial charge in [-0.3, -0.25) is 4.79 Å². The summed E-state index contributed by atoms with van der Waals surface area (Å²) in [7, 11) is -3.97. The minimum absolute atomic E-state index is 0.0371. The third-order valence-electron chi connectivity index (χ3n) is 5.45. The molecule has 3 N–H and O–H groups in total. The van der Waals surface area contributed by atoms with Crippen molar-refractivity contribution in [3.05, 3.63) is 99.9 Å². The van der Waals surface area contributed by atoms with Crippen LogP contribution < -0.4 is 11.1 Å². The first-order valence-electron chi connectivity index (χ1n) is 10.4. The Bertz CT molecular complexity index is 1460. The number of carbonyl (C=O) groups excluding carboxylic acids is 1. The second-order valence-electron chi connectivity index (χ2n) is 7.91. The maximum absolute atomic E-state index is 13.6. The maximum atomic E-state index is 13.6. The van der Waals surface area contributed by atoms with Crippen molar-refractivity contribution in [3.63, 3.8) is 0 Å². The number of ketones is 1. The van der Waals surface area contributed by atoms with Gasteiger partial charge in [0.05, 0.1) is 10.6 Å². The van der Waals surface area contributed by atoms with Gasteiger partial charge in [0.25, 0.3) is 0 Å². The Balaban J connectivity index is 1.91. The molecule has 0 fully saturated rings. The van der Waals surface area contributed by atoms with E-state index in [0.29, 0.717) is 10.6 Å². The SMILES string of the molecule is Cc1ccc(C(=O)c2sc(Nc3ccccc3C)c(S(=O)(=O)c3ccccc3)c2N)c(C)c1. The summed E-state index contributed by atoms with van der Waals surface area (Å²) in [6.07, 6.45) is 0. The Morgan fingerprint density at radius 1 is 0.879 bits per heavy atom. The lowest BCUT2D eigenvalue weighted by Crippen LogP contribution is -2.09. The first-order valence-corrected chi connectivity index (χ1v) is 12.7. The predicted molar refractivity (Wildman–Crippen MR) is 134 cm³/mol. The van der Waals surface area contributed by atoms with Crippen molar-refractivity contribution in [3.8, 4) is 0 Å². The van der Waals surface area contributed by atoms with E-state index >= 15 is 0 Å². The summed E-state index contributed by atoms with van der Waals surface area (Å²) in [5.74, 6) is -0.294. The number of nitrogens with two attached hydrogens (primary N) is 1. The Hall–Kier alpha value is -3.42. The number of sulfone groups is 1. The summed E-state index contributed by atoms with van der Waals surface area (Å²) in [6, 6.07) is 21.2. The second-order valence-corrected chi connectivity index (χ2v) is 10.8. The molecule has 5 nitrogen and oxygen atoms in total. The molecule has 0 radical (unpaired) electrons. The van der Waals surface area contributed by atoms with E-state index in [1.165, 1.54) is 12.1 Å². The van der Waals surface area contributed by atoms with Crippen molar-refractivity contribution in [2.75, 3.05) is 11.1 Å². The van der Waals surface area contributed by atoms with Gasteiger partial charge in [0.15, 0.2) is 0 Å². The van der Waals surface area contributed by atoms with Gasteiger partial charge in [-0.15, -0.1) is 11.3 Å². The van der Waals surface area contributed by atoms with Crippen molar-refractivity contribution >= 4 is 43.3 Å². The van der Waals surface area contributed by atoms with Crippen LogP contribution in [0.4, 0.5) is 16.4 Å². The zero-order valence-electron chi connectivity index (χ0n) is 18.5. The van der Waals surface area contributed by atoms with Crippen LogP contribution in [0.15, 0.2) is 82.6 Å². The van der Waals surface area contributed by atoms with E-state index in [1.54, 1.807) is 24.3 Å². The number of benzene rings is 3. The molecule has 0 saturated heterocycles. The first kappa shape index (κ1) is 22.8. The van der Waals surface area contributed by atoms with E-state index < -0.39 is 9.84 Å². The molecule has 1 aromatic heterocycles. The zero-order valence-corrected chi connectivity index (χ0v) is 20.2. The average Bonchev–Trinajstić information content (AvgIpc) is 3.12. The number of carbonyl (C=O) groups is 1. The highest BCUT2D eigenvalue weighted by molar-refractivity contribution is 7.92. The van der Waals surface area contributed by atoms with Crippen LogP contribution in [0.5, 0.6) is 0 Å². The van der Waals surface area contributed by atoms with E-state index in [0.717, 1.165) is 33.7 Å². The first-order chi connectivity index (χ1) is 15.7. The van der Waals surface area contributed by atoms with Crippen molar-refractivity contribution in [1.82, 2.24) is 0 Å². The predicted octanol–water partition coefficient (Wildman–Crippen LogP) is 6.06. The lowest BCUT2D eigenvalue weighted by molar-refractivity contribution is 0.104. The number of rotatable bonds is 6. The van der Waals surface area contributed by atoms with Gasteiger partial charge >= 0.3 is 0 Å². The minimum atomic E-state index is -3.97. The van der Waals surface area contributed by atoms with Crippen molar-refractivity contribution < 1.29 is 13.2 Å². The molecule has 0 atom stereocenters. The third-order valence-corrected chi connectivity index (χ3v) is 8.55. The van der Waals surface area contributed by atoms with E-state index in [1.807, 2.05) is 57.2 Å². The number of hydrogen-bond acceptors (Lipinski definition) is 6. The molecule has 0 spiro atoms. The normalized spacial score (nSPS) is 11.4. The van der Waals surface area contributed by atoms with Crippen molar-refractivity contribution in [2.45, 2.75) is 30.6 Å². The quantitative estimate of drug-likeness (QED) is 0.330. The lowest BCUT2D eigenvalue weighted by atomic mass is 10.0. The summed E-state index contributed by atoms with van der Waals surface area (Å²) < 4.78 is 27.2. The maximum Gasteiger partial charge on any atom is 0.211 e. The largest absolute Gasteiger partial charge is 0.396 e. The van der Waals surface area contributed by atoms with E-state index in [9.17, 15) is 13.2 Å². The van der Waals surface area contributed by atoms with Gasteiger partial charge in [-0.2, -0.15) is 0 Å². The molecule has 1 heterocycles. The summed E-state index contributed by atoms with van der Waals surface area (Å²) in [5, 5.41) is 3.53. The highest BCUT2D eigenvalue weighted by Crippen LogP contribution is 2.44. The number of hydrogen-bond donors (Lipinski definition) is 2. The summed E-state index contributed by atoms with van der Waals surface area (Å²) >= 11 is 1.06. The minimum Gasteiger partial charge on any atom is -0.396 e. The van der Waals surface area contributed by atoms with Gasteiger partial charge in [0.2, 0.25) is 15.6 Å². The molecule has 0 aliphatic rings. The molecule has 0 amide bonds. The molecular formula is C26H24N2O3S2. The van der Waals surface area contributed by atoms with Gasteiger partial charge in [-0.1, -0.05) is 60.2 Å². The van der Waals surface area contributed by atoms with Crippen LogP contribution in [0.1, 0.15) is 31.9 Å². The summed E-state index contributed by atoms with van der Waals surface area (Å²) in [6.45, 7) is 5.74. The zero-order chi connectivity index (χ0) is 23.8. The van der Waals surface area contributed by atoms with Gasteiger partial charge in [0.1, 0.15) is 14.8 Å². The molecule has 168 valence electrons. The molecule has 0 aliphatic heterocycles. The fourth-order valence-corrected chi connectivity index (χ4v) is 6.63. The second kappa shape index (κ2) is 8.84. The number of aryl methyl sites for hydroxylation is 3. The van der Waals surface area contributed by atoms with Crippen LogP contribution in [0.3, 0.4) is 0 Å². The number of nitrogen functional groups attached to an aromatic ring is 1. The van der Waals surface area contributed by atoms with Crippen LogP contribution in [0, 0.1) is 20.8 Å². The number of nitrogens with one attached hydrogen (secondary N) is 1. The molecule has 4 rings (SSSR count). The highest BCUT2D eigenvalue weighted by Gasteiger charge is 2.32. The Morgan fingerprint density at radius 2 is 1.55 bits per heavy atom. The fourth-order valence-electron chi connectivity index (χ4n) is 3.69. The van der Waals surface area contributed by atoms with Crippen molar-refractivity contribution in [1.29, 1.82) is 0 Å². The summed E-state index contributed by atoms with van der Waals surface area (Å²) in [5.41, 5.74) is 10.4. The van der Waals surface area contributed by atoms with E-state index in [-0.39, 0.29) is 26.1 Å². The molecule has 0 aliphatic carbocycles. The van der Waals surface area contributed by atoms with E-state index in [2.05, 4.69) is 5.32 Å². The van der Waals surface area contributed by atoms with Crippen LogP contribution in [0.25, 0.3) is 0 Å². The van der Waals surface area contributed by atoms with Crippen LogP contribution in [0.2, 0.25) is 0 Å². The van der Waals surface area contributed by atoms with Crippen molar-refractivity contribution in [2.24, 2.45) is 0 Å². The molecule has 33 heavy (non-hydrogen) atoms. The number of thiophene rings is 1. The molecule has 3 aromatic carbocycles. The van der Waals surface area contributed by atoms with E-state index in [4.69, 9.17) is 5.73 Å².